The van der Waals surface area contributed by atoms with Crippen LogP contribution in [0.5, 0.6) is 5.75 Å². The van der Waals surface area contributed by atoms with E-state index in [0.717, 1.165) is 38.1 Å². The van der Waals surface area contributed by atoms with E-state index in [4.69, 9.17) is 4.74 Å². The number of ether oxygens (including phenoxy) is 1. The lowest BCUT2D eigenvalue weighted by molar-refractivity contribution is -0.140. The van der Waals surface area contributed by atoms with Gasteiger partial charge in [-0.05, 0) is 54.3 Å². The van der Waals surface area contributed by atoms with Crippen molar-refractivity contribution in [2.24, 2.45) is 0 Å². The number of methoxy groups -OCH3 is 1. The predicted octanol–water partition coefficient (Wildman–Crippen LogP) is 4.70. The van der Waals surface area contributed by atoms with E-state index in [-0.39, 0.29) is 24.6 Å². The summed E-state index contributed by atoms with van der Waals surface area (Å²) in [7, 11) is -2.45. The fourth-order valence-electron chi connectivity index (χ4n) is 4.34. The molecule has 0 bridgehead atoms. The number of amides is 2. The standard InChI is InChI=1S/C30H36BrN3O5S/c1-5-16-32-30(36)27(19-23-10-7-6-8-11-23)33(20-24-12-9-13-25(31)18-24)29(35)21-34(40(4,37)38)26-17-22(2)14-15-28(26)39-3/h6-15,17-18,27H,5,16,19-21H2,1-4H3,(H,32,36). The summed E-state index contributed by atoms with van der Waals surface area (Å²) in [5.41, 5.74) is 2.74. The first-order chi connectivity index (χ1) is 19.0. The molecule has 0 saturated carbocycles. The number of benzene rings is 3. The Morgan fingerprint density at radius 2 is 1.70 bits per heavy atom. The molecule has 0 radical (unpaired) electrons. The second kappa shape index (κ2) is 14.3. The molecule has 1 atom stereocenters. The van der Waals surface area contributed by atoms with E-state index >= 15 is 0 Å². The molecule has 0 aliphatic heterocycles. The van der Waals surface area contributed by atoms with Crippen molar-refractivity contribution in [2.45, 2.75) is 39.3 Å². The Bertz CT molecular complexity index is 1420. The van der Waals surface area contributed by atoms with Gasteiger partial charge in [0.2, 0.25) is 21.8 Å². The molecule has 1 N–H and O–H groups in total. The van der Waals surface area contributed by atoms with Crippen LogP contribution in [0, 0.1) is 6.92 Å². The summed E-state index contributed by atoms with van der Waals surface area (Å²) < 4.78 is 33.3. The zero-order valence-electron chi connectivity index (χ0n) is 23.3. The summed E-state index contributed by atoms with van der Waals surface area (Å²) in [4.78, 5) is 29.2. The lowest BCUT2D eigenvalue weighted by atomic mass is 10.0. The van der Waals surface area contributed by atoms with Crippen LogP contribution in [0.2, 0.25) is 0 Å². The molecule has 3 aromatic rings. The van der Waals surface area contributed by atoms with E-state index in [9.17, 15) is 18.0 Å². The van der Waals surface area contributed by atoms with Crippen molar-refractivity contribution in [1.29, 1.82) is 0 Å². The normalized spacial score (nSPS) is 11.9. The van der Waals surface area contributed by atoms with Crippen LogP contribution in [0.3, 0.4) is 0 Å². The van der Waals surface area contributed by atoms with Gasteiger partial charge in [0.15, 0.2) is 0 Å². The Balaban J connectivity index is 2.08. The molecule has 1 unspecified atom stereocenters. The Morgan fingerprint density at radius 3 is 2.33 bits per heavy atom. The van der Waals surface area contributed by atoms with Crippen molar-refractivity contribution < 1.29 is 22.7 Å². The minimum atomic E-state index is -3.90. The number of aryl methyl sites for hydroxylation is 1. The molecule has 0 aliphatic rings. The molecular formula is C30H36BrN3O5S. The number of hydrogen-bond acceptors (Lipinski definition) is 5. The van der Waals surface area contributed by atoms with Crippen molar-refractivity contribution >= 4 is 43.5 Å². The van der Waals surface area contributed by atoms with Crippen molar-refractivity contribution in [3.63, 3.8) is 0 Å². The molecule has 40 heavy (non-hydrogen) atoms. The summed E-state index contributed by atoms with van der Waals surface area (Å²) in [5, 5.41) is 2.93. The van der Waals surface area contributed by atoms with Crippen LogP contribution in [-0.2, 0) is 32.6 Å². The fraction of sp³-hybridized carbons (Fsp3) is 0.333. The number of nitrogens with one attached hydrogen (secondary N) is 1. The maximum atomic E-state index is 14.1. The summed E-state index contributed by atoms with van der Waals surface area (Å²) in [6.45, 7) is 3.85. The lowest BCUT2D eigenvalue weighted by Gasteiger charge is -2.33. The molecule has 0 spiro atoms. The van der Waals surface area contributed by atoms with Crippen LogP contribution in [0.25, 0.3) is 0 Å². The van der Waals surface area contributed by atoms with E-state index < -0.39 is 28.5 Å². The Kier molecular flexibility index (Phi) is 11.2. The first-order valence-electron chi connectivity index (χ1n) is 13.0. The number of anilines is 1. The van der Waals surface area contributed by atoms with Gasteiger partial charge >= 0.3 is 0 Å². The van der Waals surface area contributed by atoms with Gasteiger partial charge in [0, 0.05) is 24.0 Å². The average molecular weight is 631 g/mol. The number of nitrogens with zero attached hydrogens (tertiary/aromatic N) is 2. The van der Waals surface area contributed by atoms with Gasteiger partial charge in [-0.15, -0.1) is 0 Å². The summed E-state index contributed by atoms with van der Waals surface area (Å²) in [5.74, 6) is -0.487. The number of carbonyl (C=O) groups is 2. The van der Waals surface area contributed by atoms with Crippen LogP contribution >= 0.6 is 15.9 Å². The summed E-state index contributed by atoms with van der Waals surface area (Å²) in [6.07, 6.45) is 2.05. The van der Waals surface area contributed by atoms with Crippen molar-refractivity contribution in [3.8, 4) is 5.75 Å². The van der Waals surface area contributed by atoms with Gasteiger partial charge in [-0.25, -0.2) is 8.42 Å². The quantitative estimate of drug-likeness (QED) is 0.296. The van der Waals surface area contributed by atoms with Crippen molar-refractivity contribution in [2.75, 3.05) is 30.8 Å². The van der Waals surface area contributed by atoms with Gasteiger partial charge < -0.3 is 15.0 Å². The van der Waals surface area contributed by atoms with E-state index in [1.54, 1.807) is 18.2 Å². The largest absolute Gasteiger partial charge is 0.495 e. The molecule has 10 heteroatoms. The Hall–Kier alpha value is -3.37. The van der Waals surface area contributed by atoms with E-state index in [1.807, 2.05) is 68.4 Å². The molecule has 3 rings (SSSR count). The molecule has 3 aromatic carbocycles. The van der Waals surface area contributed by atoms with E-state index in [0.29, 0.717) is 12.3 Å². The molecule has 8 nitrogen and oxygen atoms in total. The smallest absolute Gasteiger partial charge is 0.244 e. The summed E-state index contributed by atoms with van der Waals surface area (Å²) >= 11 is 3.48. The third-order valence-electron chi connectivity index (χ3n) is 6.34. The Labute approximate surface area is 245 Å². The average Bonchev–Trinajstić information content (AvgIpc) is 2.92. The van der Waals surface area contributed by atoms with Crippen LogP contribution in [0.1, 0.15) is 30.0 Å². The second-order valence-corrected chi connectivity index (χ2v) is 12.4. The minimum Gasteiger partial charge on any atom is -0.495 e. The topological polar surface area (TPSA) is 96.0 Å². The highest BCUT2D eigenvalue weighted by Crippen LogP contribution is 2.31. The molecule has 0 heterocycles. The van der Waals surface area contributed by atoms with Crippen LogP contribution in [0.4, 0.5) is 5.69 Å². The van der Waals surface area contributed by atoms with Gasteiger partial charge in [0.05, 0.1) is 19.1 Å². The highest BCUT2D eigenvalue weighted by molar-refractivity contribution is 9.10. The zero-order valence-corrected chi connectivity index (χ0v) is 25.7. The van der Waals surface area contributed by atoms with Gasteiger partial charge in [-0.1, -0.05) is 71.4 Å². The Morgan fingerprint density at radius 1 is 1.00 bits per heavy atom. The highest BCUT2D eigenvalue weighted by atomic mass is 79.9. The van der Waals surface area contributed by atoms with Crippen LogP contribution < -0.4 is 14.4 Å². The highest BCUT2D eigenvalue weighted by Gasteiger charge is 2.33. The molecule has 2 amide bonds. The molecular weight excluding hydrogens is 594 g/mol. The monoisotopic (exact) mass is 629 g/mol. The summed E-state index contributed by atoms with van der Waals surface area (Å²) in [6, 6.07) is 21.2. The van der Waals surface area contributed by atoms with E-state index in [1.165, 1.54) is 12.0 Å². The molecule has 214 valence electrons. The second-order valence-electron chi connectivity index (χ2n) is 9.59. The first-order valence-corrected chi connectivity index (χ1v) is 15.7. The van der Waals surface area contributed by atoms with Crippen LogP contribution in [-0.4, -0.2) is 57.6 Å². The number of halogens is 1. The number of carbonyl (C=O) groups excluding carboxylic acids is 2. The maximum absolute atomic E-state index is 14.1. The zero-order chi connectivity index (χ0) is 29.3. The third-order valence-corrected chi connectivity index (χ3v) is 7.96. The maximum Gasteiger partial charge on any atom is 0.244 e. The van der Waals surface area contributed by atoms with Gasteiger partial charge in [0.1, 0.15) is 18.3 Å². The molecule has 0 fully saturated rings. The first kappa shape index (κ1) is 31.2. The fourth-order valence-corrected chi connectivity index (χ4v) is 5.63. The number of rotatable bonds is 13. The number of hydrogen-bond donors (Lipinski definition) is 1. The van der Waals surface area contributed by atoms with Crippen molar-refractivity contribution in [1.82, 2.24) is 10.2 Å². The van der Waals surface area contributed by atoms with Crippen LogP contribution in [0.15, 0.2) is 77.3 Å². The minimum absolute atomic E-state index is 0.109. The molecule has 0 aliphatic carbocycles. The molecule has 0 saturated heterocycles. The lowest BCUT2D eigenvalue weighted by Crippen LogP contribution is -2.53. The van der Waals surface area contributed by atoms with Gasteiger partial charge in [-0.2, -0.15) is 0 Å². The van der Waals surface area contributed by atoms with Gasteiger partial charge in [0.25, 0.3) is 0 Å². The van der Waals surface area contributed by atoms with E-state index in [2.05, 4.69) is 21.2 Å². The predicted molar refractivity (Wildman–Crippen MR) is 162 cm³/mol. The molecule has 0 aromatic heterocycles. The van der Waals surface area contributed by atoms with Crippen molar-refractivity contribution in [3.05, 3.63) is 94.0 Å². The third kappa shape index (κ3) is 8.56. The SMILES string of the molecule is CCCNC(=O)C(Cc1ccccc1)N(Cc1cccc(Br)c1)C(=O)CN(c1cc(C)ccc1OC)S(C)(=O)=O. The number of sulfonamides is 1. The van der Waals surface area contributed by atoms with Gasteiger partial charge in [-0.3, -0.25) is 13.9 Å².